The molecule has 1 aliphatic rings. The van der Waals surface area contributed by atoms with Gasteiger partial charge in [-0.15, -0.1) is 0 Å². The van der Waals surface area contributed by atoms with Crippen molar-refractivity contribution in [1.82, 2.24) is 5.32 Å². The maximum absolute atomic E-state index is 13.5. The Morgan fingerprint density at radius 1 is 1.06 bits per heavy atom. The molecule has 0 aliphatic carbocycles. The van der Waals surface area contributed by atoms with Gasteiger partial charge in [0.1, 0.15) is 19.3 Å². The fourth-order valence-electron chi connectivity index (χ4n) is 3.47. The van der Waals surface area contributed by atoms with Crippen molar-refractivity contribution >= 4 is 33.2 Å². The minimum absolute atomic E-state index is 0.0863. The minimum Gasteiger partial charge on any atom is -0.486 e. The third-order valence-corrected chi connectivity index (χ3v) is 7.63. The molecule has 1 aliphatic heterocycles. The molecular weight excluding hydrogens is 476 g/mol. The first-order valence-electron chi connectivity index (χ1n) is 10.7. The van der Waals surface area contributed by atoms with Crippen molar-refractivity contribution < 1.29 is 22.7 Å². The number of carbonyl (C=O) groups excluding carboxylic acids is 1. The molecule has 34 heavy (non-hydrogen) atoms. The minimum atomic E-state index is -4.02. The zero-order chi connectivity index (χ0) is 24.3. The van der Waals surface area contributed by atoms with Gasteiger partial charge in [0, 0.05) is 5.02 Å². The van der Waals surface area contributed by atoms with E-state index in [1.54, 1.807) is 36.4 Å². The normalized spacial score (nSPS) is 15.0. The largest absolute Gasteiger partial charge is 0.486 e. The summed E-state index contributed by atoms with van der Waals surface area (Å²) in [5, 5.41) is 3.17. The fraction of sp³-hybridized carbons (Fsp3) is 0.240. The summed E-state index contributed by atoms with van der Waals surface area (Å²) < 4.78 is 39.5. The van der Waals surface area contributed by atoms with Crippen LogP contribution in [0.25, 0.3) is 0 Å². The van der Waals surface area contributed by atoms with E-state index in [0.29, 0.717) is 22.2 Å². The van der Waals surface area contributed by atoms with Crippen LogP contribution in [0.15, 0.2) is 71.6 Å². The number of amides is 1. The molecule has 0 aromatic heterocycles. The Morgan fingerprint density at radius 2 is 1.76 bits per heavy atom. The summed E-state index contributed by atoms with van der Waals surface area (Å²) in [7, 11) is -4.02. The van der Waals surface area contributed by atoms with Gasteiger partial charge in [-0.05, 0) is 55.8 Å². The van der Waals surface area contributed by atoms with E-state index in [1.807, 2.05) is 32.0 Å². The van der Waals surface area contributed by atoms with Gasteiger partial charge in [-0.2, -0.15) is 0 Å². The maximum atomic E-state index is 13.5. The fourth-order valence-corrected chi connectivity index (χ4v) is 5.05. The number of ether oxygens (including phenoxy) is 2. The molecule has 0 spiro atoms. The number of anilines is 1. The zero-order valence-electron chi connectivity index (χ0n) is 18.8. The lowest BCUT2D eigenvalue weighted by atomic mass is 10.2. The summed E-state index contributed by atoms with van der Waals surface area (Å²) in [5.74, 6) is 0.775. The number of hydrogen-bond donors (Lipinski definition) is 1. The number of rotatable bonds is 7. The van der Waals surface area contributed by atoms with Gasteiger partial charge in [-0.1, -0.05) is 47.5 Å². The average molecular weight is 501 g/mol. The lowest BCUT2D eigenvalue weighted by Gasteiger charge is -2.27. The molecule has 1 heterocycles. The molecule has 4 rings (SSSR count). The highest BCUT2D eigenvalue weighted by Crippen LogP contribution is 2.31. The summed E-state index contributed by atoms with van der Waals surface area (Å²) in [6.45, 7) is 3.72. The maximum Gasteiger partial charge on any atom is 0.264 e. The lowest BCUT2D eigenvalue weighted by molar-refractivity contribution is -0.120. The van der Waals surface area contributed by atoms with Crippen LogP contribution in [0, 0.1) is 13.8 Å². The monoisotopic (exact) mass is 500 g/mol. The van der Waals surface area contributed by atoms with Crippen molar-refractivity contribution in [3.63, 3.8) is 0 Å². The number of sulfonamides is 1. The van der Waals surface area contributed by atoms with Gasteiger partial charge >= 0.3 is 0 Å². The molecule has 3 aromatic rings. The first-order chi connectivity index (χ1) is 16.2. The molecule has 0 saturated heterocycles. The summed E-state index contributed by atoms with van der Waals surface area (Å²) >= 11 is 6.26. The molecule has 0 saturated carbocycles. The van der Waals surface area contributed by atoms with Gasteiger partial charge in [-0.3, -0.25) is 9.10 Å². The summed E-state index contributed by atoms with van der Waals surface area (Å²) in [4.78, 5) is 12.9. The van der Waals surface area contributed by atoms with E-state index in [0.717, 1.165) is 15.4 Å². The van der Waals surface area contributed by atoms with Crippen LogP contribution in [0.4, 0.5) is 5.69 Å². The van der Waals surface area contributed by atoms with Gasteiger partial charge in [0.25, 0.3) is 10.0 Å². The zero-order valence-corrected chi connectivity index (χ0v) is 20.4. The van der Waals surface area contributed by atoms with Crippen LogP contribution in [-0.2, 0) is 14.8 Å². The molecular formula is C25H25ClN2O5S. The number of nitrogens with zero attached hydrogens (tertiary/aromatic N) is 1. The molecule has 3 aromatic carbocycles. The summed E-state index contributed by atoms with van der Waals surface area (Å²) in [6, 6.07) is 18.7. The Bertz CT molecular complexity index is 1290. The molecule has 9 heteroatoms. The Morgan fingerprint density at radius 3 is 2.47 bits per heavy atom. The van der Waals surface area contributed by atoms with Crippen LogP contribution < -0.4 is 19.1 Å². The third-order valence-electron chi connectivity index (χ3n) is 5.43. The van der Waals surface area contributed by atoms with E-state index < -0.39 is 28.6 Å². The second kappa shape index (κ2) is 9.95. The van der Waals surface area contributed by atoms with Crippen LogP contribution in [0.2, 0.25) is 5.02 Å². The van der Waals surface area contributed by atoms with Crippen molar-refractivity contribution in [3.05, 3.63) is 82.9 Å². The molecule has 0 fully saturated rings. The Hall–Kier alpha value is -3.23. The molecule has 178 valence electrons. The van der Waals surface area contributed by atoms with Gasteiger partial charge in [0.2, 0.25) is 5.91 Å². The average Bonchev–Trinajstić information content (AvgIpc) is 2.83. The molecule has 1 amide bonds. The predicted octanol–water partition coefficient (Wildman–Crippen LogP) is 4.11. The van der Waals surface area contributed by atoms with Crippen LogP contribution in [0.3, 0.4) is 0 Å². The highest BCUT2D eigenvalue weighted by molar-refractivity contribution is 7.92. The highest BCUT2D eigenvalue weighted by Gasteiger charge is 2.28. The van der Waals surface area contributed by atoms with Gasteiger partial charge in [-0.25, -0.2) is 8.42 Å². The van der Waals surface area contributed by atoms with Crippen LogP contribution in [-0.4, -0.2) is 40.1 Å². The molecule has 0 radical (unpaired) electrons. The van der Waals surface area contributed by atoms with Crippen LogP contribution >= 0.6 is 11.6 Å². The summed E-state index contributed by atoms with van der Waals surface area (Å²) in [6.07, 6.45) is -0.394. The lowest BCUT2D eigenvalue weighted by Crippen LogP contribution is -2.45. The number of benzene rings is 3. The van der Waals surface area contributed by atoms with Crippen molar-refractivity contribution in [3.8, 4) is 11.5 Å². The predicted molar refractivity (Wildman–Crippen MR) is 131 cm³/mol. The van der Waals surface area contributed by atoms with Crippen molar-refractivity contribution in [2.24, 2.45) is 0 Å². The van der Waals surface area contributed by atoms with Crippen LogP contribution in [0.5, 0.6) is 11.5 Å². The molecule has 1 N–H and O–H groups in total. The van der Waals surface area contributed by atoms with E-state index in [4.69, 9.17) is 21.1 Å². The second-order valence-corrected chi connectivity index (χ2v) is 10.3. The number of halogens is 1. The number of hydrogen-bond acceptors (Lipinski definition) is 5. The molecule has 0 unspecified atom stereocenters. The number of aryl methyl sites for hydroxylation is 2. The van der Waals surface area contributed by atoms with E-state index in [-0.39, 0.29) is 18.0 Å². The molecule has 0 bridgehead atoms. The number of para-hydroxylation sites is 2. The molecule has 1 atom stereocenters. The second-order valence-electron chi connectivity index (χ2n) is 8.06. The number of fused-ring (bicyclic) bond motifs is 1. The first kappa shape index (κ1) is 23.9. The Balaban J connectivity index is 1.52. The number of nitrogens with one attached hydrogen (secondary N) is 1. The summed E-state index contributed by atoms with van der Waals surface area (Å²) in [5.41, 5.74) is 2.03. The SMILES string of the molecule is Cc1ccc(S(=O)(=O)N(CC(=O)NC[C@H]2COc3ccccc3O2)c2ccc(C)c(Cl)c2)cc1. The van der Waals surface area contributed by atoms with E-state index in [1.165, 1.54) is 12.1 Å². The first-order valence-corrected chi connectivity index (χ1v) is 12.6. The third kappa shape index (κ3) is 5.29. The topological polar surface area (TPSA) is 84.9 Å². The van der Waals surface area contributed by atoms with Gasteiger partial charge < -0.3 is 14.8 Å². The highest BCUT2D eigenvalue weighted by atomic mass is 35.5. The standard InChI is InChI=1S/C25H25ClN2O5S/c1-17-7-11-21(12-8-17)34(30,31)28(19-10-9-18(2)22(26)13-19)15-25(29)27-14-20-16-32-23-5-3-4-6-24(23)33-20/h3-13,20H,14-16H2,1-2H3,(H,27,29)/t20-/m0/s1. The Labute approximate surface area is 204 Å². The number of carbonyl (C=O) groups is 1. The van der Waals surface area contributed by atoms with Crippen molar-refractivity contribution in [2.75, 3.05) is 24.0 Å². The van der Waals surface area contributed by atoms with E-state index in [9.17, 15) is 13.2 Å². The van der Waals surface area contributed by atoms with Gasteiger partial charge in [0.15, 0.2) is 11.5 Å². The van der Waals surface area contributed by atoms with E-state index in [2.05, 4.69) is 5.32 Å². The Kier molecular flexibility index (Phi) is 7.00. The van der Waals surface area contributed by atoms with E-state index >= 15 is 0 Å². The van der Waals surface area contributed by atoms with Crippen molar-refractivity contribution in [1.29, 1.82) is 0 Å². The molecule has 7 nitrogen and oxygen atoms in total. The van der Waals surface area contributed by atoms with Crippen molar-refractivity contribution in [2.45, 2.75) is 24.8 Å². The van der Waals surface area contributed by atoms with Crippen LogP contribution in [0.1, 0.15) is 11.1 Å². The quantitative estimate of drug-likeness (QED) is 0.527. The smallest absolute Gasteiger partial charge is 0.264 e. The van der Waals surface area contributed by atoms with Gasteiger partial charge in [0.05, 0.1) is 17.1 Å².